The number of alkyl halides is 1. The molecule has 1 unspecified atom stereocenters. The molecular weight excluding hydrogens is 257 g/mol. The Kier molecular flexibility index (Phi) is 3.02. The van der Waals surface area contributed by atoms with Gasteiger partial charge in [0.25, 0.3) is 0 Å². The maximum absolute atomic E-state index is 11.5. The van der Waals surface area contributed by atoms with Crippen molar-refractivity contribution in [1.82, 2.24) is 9.91 Å². The van der Waals surface area contributed by atoms with Crippen LogP contribution in [-0.4, -0.2) is 45.9 Å². The lowest BCUT2D eigenvalue weighted by atomic mass is 10.6. The minimum absolute atomic E-state index is 0.214. The molecule has 86 valence electrons. The molecule has 0 aromatic carbocycles. The summed E-state index contributed by atoms with van der Waals surface area (Å²) < 4.78 is 5.04. The number of halogens is 2. The second kappa shape index (κ2) is 4.31. The van der Waals surface area contributed by atoms with Gasteiger partial charge >= 0.3 is 11.4 Å². The molecule has 6 nitrogen and oxygen atoms in total. The van der Waals surface area contributed by atoms with Crippen LogP contribution in [0.1, 0.15) is 0 Å². The molecule has 2 rings (SSSR count). The van der Waals surface area contributed by atoms with Crippen molar-refractivity contribution in [3.05, 3.63) is 12.2 Å². The molecule has 1 saturated heterocycles. The van der Waals surface area contributed by atoms with Crippen LogP contribution < -0.4 is 0 Å². The Morgan fingerprint density at radius 2 is 2.31 bits per heavy atom. The molecule has 0 N–H and O–H groups in total. The highest BCUT2D eigenvalue weighted by Crippen LogP contribution is 2.15. The molecule has 1 fully saturated rings. The van der Waals surface area contributed by atoms with Crippen LogP contribution >= 0.6 is 23.2 Å². The van der Waals surface area contributed by atoms with Gasteiger partial charge in [-0.05, 0) is 17.7 Å². The van der Waals surface area contributed by atoms with E-state index >= 15 is 0 Å². The van der Waals surface area contributed by atoms with Gasteiger partial charge in [-0.2, -0.15) is 0 Å². The van der Waals surface area contributed by atoms with E-state index in [2.05, 4.69) is 5.10 Å². The van der Waals surface area contributed by atoms with Crippen molar-refractivity contribution in [3.63, 3.8) is 0 Å². The van der Waals surface area contributed by atoms with E-state index < -0.39 is 17.0 Å². The Morgan fingerprint density at radius 3 is 2.81 bits per heavy atom. The Morgan fingerprint density at radius 1 is 1.56 bits per heavy atom. The molecule has 0 aromatic rings. The van der Waals surface area contributed by atoms with Crippen LogP contribution in [0.3, 0.4) is 0 Å². The van der Waals surface area contributed by atoms with Gasteiger partial charge in [0, 0.05) is 6.08 Å². The van der Waals surface area contributed by atoms with E-state index in [-0.39, 0.29) is 19.0 Å². The Hall–Kier alpha value is -1.27. The molecule has 8 heteroatoms. The van der Waals surface area contributed by atoms with Crippen LogP contribution in [0.5, 0.6) is 0 Å². The average Bonchev–Trinajstić information content (AvgIpc) is 2.76. The fraction of sp³-hybridized carbons (Fsp3) is 0.375. The third kappa shape index (κ3) is 2.12. The van der Waals surface area contributed by atoms with Crippen LogP contribution in [0.25, 0.3) is 0 Å². The van der Waals surface area contributed by atoms with E-state index in [0.29, 0.717) is 0 Å². The summed E-state index contributed by atoms with van der Waals surface area (Å²) in [6, 6.07) is -0.567. The van der Waals surface area contributed by atoms with E-state index in [9.17, 15) is 9.59 Å². The largest absolute Gasteiger partial charge is 0.453 e. The lowest BCUT2D eigenvalue weighted by Gasteiger charge is -2.11. The number of amides is 3. The highest BCUT2D eigenvalue weighted by molar-refractivity contribution is 6.64. The summed E-state index contributed by atoms with van der Waals surface area (Å²) in [5, 5.41) is 4.19. The van der Waals surface area contributed by atoms with Gasteiger partial charge in [-0.25, -0.2) is 14.7 Å². The molecule has 1 atom stereocenters. The zero-order chi connectivity index (χ0) is 11.7. The quantitative estimate of drug-likeness (QED) is 0.410. The lowest BCUT2D eigenvalue weighted by Crippen LogP contribution is -2.31. The van der Waals surface area contributed by atoms with Gasteiger partial charge in [0.05, 0.1) is 13.1 Å². The van der Waals surface area contributed by atoms with Gasteiger partial charge in [-0.1, -0.05) is 11.6 Å². The number of carbonyl (C=O) groups excluding carboxylic acids is 2. The summed E-state index contributed by atoms with van der Waals surface area (Å²) in [7, 11) is 0. The number of carbonyl (C=O) groups is 2. The van der Waals surface area contributed by atoms with Crippen molar-refractivity contribution < 1.29 is 14.3 Å². The van der Waals surface area contributed by atoms with Gasteiger partial charge in [-0.15, -0.1) is 5.10 Å². The van der Waals surface area contributed by atoms with Crippen molar-refractivity contribution in [2.45, 2.75) is 5.56 Å². The molecule has 2 aliphatic rings. The monoisotopic (exact) mass is 263 g/mol. The van der Waals surface area contributed by atoms with Crippen molar-refractivity contribution in [2.24, 2.45) is 5.10 Å². The number of hydrogen-bond acceptors (Lipinski definition) is 4. The Balaban J connectivity index is 2.06. The van der Waals surface area contributed by atoms with Crippen molar-refractivity contribution in [3.8, 4) is 0 Å². The van der Waals surface area contributed by atoms with Crippen molar-refractivity contribution in [1.29, 1.82) is 0 Å². The minimum Gasteiger partial charge on any atom is -0.453 e. The van der Waals surface area contributed by atoms with Gasteiger partial charge < -0.3 is 4.74 Å². The maximum atomic E-state index is 11.5. The fourth-order valence-corrected chi connectivity index (χ4v) is 1.63. The number of hydrazone groups is 1. The van der Waals surface area contributed by atoms with E-state index in [0.717, 1.165) is 9.91 Å². The molecule has 16 heavy (non-hydrogen) atoms. The summed E-state index contributed by atoms with van der Waals surface area (Å²) in [4.78, 5) is 23.3. The molecular formula is C8H7Cl2N3O3. The van der Waals surface area contributed by atoms with Crippen LogP contribution in [0.4, 0.5) is 9.59 Å². The molecule has 0 radical (unpaired) electrons. The molecule has 0 aromatic heterocycles. The zero-order valence-electron chi connectivity index (χ0n) is 7.97. The average molecular weight is 264 g/mol. The number of imide groups is 1. The minimum atomic E-state index is -0.814. The molecule has 2 aliphatic heterocycles. The summed E-state index contributed by atoms with van der Waals surface area (Å²) in [6.07, 6.45) is 3.14. The molecule has 0 saturated carbocycles. The fourth-order valence-electron chi connectivity index (χ4n) is 1.31. The van der Waals surface area contributed by atoms with Crippen molar-refractivity contribution >= 4 is 40.5 Å². The van der Waals surface area contributed by atoms with Crippen LogP contribution in [-0.2, 0) is 4.74 Å². The first-order valence-corrected chi connectivity index (χ1v) is 5.25. The van der Waals surface area contributed by atoms with Gasteiger partial charge in [0.2, 0.25) is 5.90 Å². The molecule has 0 aliphatic carbocycles. The summed E-state index contributed by atoms with van der Waals surface area (Å²) in [6.45, 7) is 0.497. The lowest BCUT2D eigenvalue weighted by molar-refractivity contribution is 0.193. The van der Waals surface area contributed by atoms with Gasteiger partial charge in [0.15, 0.2) is 5.56 Å². The molecule has 3 amide bonds. The smallest absolute Gasteiger partial charge is 0.348 e. The third-order valence-electron chi connectivity index (χ3n) is 2.04. The maximum Gasteiger partial charge on any atom is 0.348 e. The number of rotatable bonds is 1. The number of hydrogen-bond donors (Lipinski definition) is 0. The first kappa shape index (κ1) is 11.2. The zero-order valence-corrected chi connectivity index (χ0v) is 9.48. The van der Waals surface area contributed by atoms with Gasteiger partial charge in [-0.3, -0.25) is 4.79 Å². The Bertz CT molecular complexity index is 396. The summed E-state index contributed by atoms with van der Waals surface area (Å²) in [5.74, 6) is 0.234. The number of urea groups is 1. The Labute approximate surface area is 101 Å². The molecule has 0 spiro atoms. The SMILES string of the molecule is O=C(Cl)N1CCN(N=C2C=CC(Cl)O2)C1=O. The van der Waals surface area contributed by atoms with Crippen LogP contribution in [0.15, 0.2) is 17.3 Å². The van der Waals surface area contributed by atoms with E-state index in [4.69, 9.17) is 27.9 Å². The van der Waals surface area contributed by atoms with Crippen LogP contribution in [0, 0.1) is 0 Å². The standard InChI is InChI=1S/C8H7Cl2N3O3/c9-5-1-2-6(16-5)11-13-4-3-12(7(10)14)8(13)15/h1-2,5H,3-4H2. The van der Waals surface area contributed by atoms with E-state index in [1.165, 1.54) is 0 Å². The second-order valence-electron chi connectivity index (χ2n) is 3.08. The highest BCUT2D eigenvalue weighted by Gasteiger charge is 2.33. The number of ether oxygens (including phenoxy) is 1. The molecule has 0 bridgehead atoms. The summed E-state index contributed by atoms with van der Waals surface area (Å²) >= 11 is 10.8. The van der Waals surface area contributed by atoms with Crippen LogP contribution in [0.2, 0.25) is 0 Å². The summed E-state index contributed by atoms with van der Waals surface area (Å²) in [5.41, 5.74) is -0.567. The highest BCUT2D eigenvalue weighted by atomic mass is 35.5. The number of nitrogens with zero attached hydrogens (tertiary/aromatic N) is 3. The van der Waals surface area contributed by atoms with E-state index in [1.807, 2.05) is 0 Å². The first-order valence-electron chi connectivity index (χ1n) is 4.44. The normalized spacial score (nSPS) is 26.8. The third-order valence-corrected chi connectivity index (χ3v) is 2.48. The predicted molar refractivity (Wildman–Crippen MR) is 57.4 cm³/mol. The topological polar surface area (TPSA) is 62.2 Å². The predicted octanol–water partition coefficient (Wildman–Crippen LogP) is 1.55. The van der Waals surface area contributed by atoms with Crippen molar-refractivity contribution in [2.75, 3.05) is 13.1 Å². The van der Waals surface area contributed by atoms with Gasteiger partial charge in [0.1, 0.15) is 0 Å². The van der Waals surface area contributed by atoms with E-state index in [1.54, 1.807) is 12.2 Å². The first-order chi connectivity index (χ1) is 7.58. The second-order valence-corrected chi connectivity index (χ2v) is 3.83. The molecule has 2 heterocycles.